The van der Waals surface area contributed by atoms with Crippen LogP contribution in [0.1, 0.15) is 37.3 Å². The summed E-state index contributed by atoms with van der Waals surface area (Å²) in [7, 11) is 2.80. The molecule has 1 N–H and O–H groups in total. The van der Waals surface area contributed by atoms with E-state index in [2.05, 4.69) is 5.32 Å². The van der Waals surface area contributed by atoms with Gasteiger partial charge in [-0.3, -0.25) is 9.59 Å². The number of nitrogens with one attached hydrogen (secondary N) is 1. The van der Waals surface area contributed by atoms with Crippen LogP contribution in [0.2, 0.25) is 0 Å². The van der Waals surface area contributed by atoms with Crippen LogP contribution in [0.15, 0.2) is 71.1 Å². The van der Waals surface area contributed by atoms with Gasteiger partial charge in [-0.25, -0.2) is 9.18 Å². The number of esters is 2. The smallest absolute Gasteiger partial charge is 0.337 e. The summed E-state index contributed by atoms with van der Waals surface area (Å²) in [5.41, 5.74) is 2.76. The number of dihydropyridines is 1. The summed E-state index contributed by atoms with van der Waals surface area (Å²) in [5, 5.41) is 3.19. The third-order valence-corrected chi connectivity index (χ3v) is 6.67. The molecule has 1 aliphatic heterocycles. The summed E-state index contributed by atoms with van der Waals surface area (Å²) < 4.78 is 30.0. The molecule has 0 spiro atoms. The first-order valence-electron chi connectivity index (χ1n) is 11.6. The lowest BCUT2D eigenvalue weighted by Gasteiger charge is -2.38. The molecule has 2 aromatic carbocycles. The average Bonchev–Trinajstić information content (AvgIpc) is 2.86. The van der Waals surface area contributed by atoms with Gasteiger partial charge in [-0.05, 0) is 54.7 Å². The molecule has 1 heterocycles. The summed E-state index contributed by atoms with van der Waals surface area (Å²) in [5.74, 6) is -3.75. The Labute approximate surface area is 208 Å². The first kappa shape index (κ1) is 25.2. The van der Waals surface area contributed by atoms with Gasteiger partial charge >= 0.3 is 11.9 Å². The average molecular weight is 494 g/mol. The molecule has 4 rings (SSSR count). The summed E-state index contributed by atoms with van der Waals surface area (Å²) in [6.07, 6.45) is 0.401. The number of halogens is 1. The number of methoxy groups -OCH3 is 2. The Morgan fingerprint density at radius 3 is 2.47 bits per heavy atom. The number of benzene rings is 2. The molecule has 0 radical (unpaired) electrons. The Kier molecular flexibility index (Phi) is 7.24. The van der Waals surface area contributed by atoms with Gasteiger partial charge < -0.3 is 19.5 Å². The number of rotatable bonds is 6. The zero-order valence-electron chi connectivity index (χ0n) is 20.6. The van der Waals surface area contributed by atoms with E-state index in [1.165, 1.54) is 25.3 Å². The number of carbonyl (C=O) groups is 3. The summed E-state index contributed by atoms with van der Waals surface area (Å²) in [4.78, 5) is 39.6. The van der Waals surface area contributed by atoms with Crippen molar-refractivity contribution >= 4 is 17.7 Å². The van der Waals surface area contributed by atoms with Crippen molar-refractivity contribution in [3.8, 4) is 5.75 Å². The van der Waals surface area contributed by atoms with Crippen LogP contribution < -0.4 is 10.1 Å². The monoisotopic (exact) mass is 493 g/mol. The molecule has 1 aliphatic carbocycles. The van der Waals surface area contributed by atoms with Gasteiger partial charge in [-0.2, -0.15) is 0 Å². The number of allylic oxidation sites excluding steroid dienone is 3. The van der Waals surface area contributed by atoms with E-state index in [1.54, 1.807) is 51.3 Å². The third-order valence-electron chi connectivity index (χ3n) is 6.67. The van der Waals surface area contributed by atoms with Crippen molar-refractivity contribution in [2.24, 2.45) is 11.8 Å². The van der Waals surface area contributed by atoms with Gasteiger partial charge in [0.05, 0.1) is 19.8 Å². The van der Waals surface area contributed by atoms with Gasteiger partial charge in [-0.1, -0.05) is 31.2 Å². The van der Waals surface area contributed by atoms with Gasteiger partial charge in [0.15, 0.2) is 5.78 Å². The van der Waals surface area contributed by atoms with E-state index in [0.717, 1.165) is 5.56 Å². The maximum Gasteiger partial charge on any atom is 0.337 e. The van der Waals surface area contributed by atoms with Crippen molar-refractivity contribution in [2.75, 3.05) is 14.2 Å². The fourth-order valence-electron chi connectivity index (χ4n) is 4.92. The highest BCUT2D eigenvalue weighted by atomic mass is 19.1. The molecule has 188 valence electrons. The molecule has 0 bridgehead atoms. The number of hydrogen-bond acceptors (Lipinski definition) is 7. The molecule has 3 atom stereocenters. The normalized spacial score (nSPS) is 21.5. The van der Waals surface area contributed by atoms with Crippen molar-refractivity contribution in [3.63, 3.8) is 0 Å². The van der Waals surface area contributed by atoms with Crippen molar-refractivity contribution in [2.45, 2.75) is 32.8 Å². The fraction of sp³-hybridized carbons (Fsp3) is 0.321. The predicted molar refractivity (Wildman–Crippen MR) is 129 cm³/mol. The Morgan fingerprint density at radius 2 is 1.83 bits per heavy atom. The minimum atomic E-state index is -1.01. The van der Waals surface area contributed by atoms with Gasteiger partial charge in [0, 0.05) is 22.9 Å². The van der Waals surface area contributed by atoms with E-state index in [9.17, 15) is 18.8 Å². The van der Waals surface area contributed by atoms with Crippen molar-refractivity contribution in [1.29, 1.82) is 0 Å². The highest BCUT2D eigenvalue weighted by molar-refractivity contribution is 6.12. The molecule has 0 aromatic heterocycles. The molecule has 0 saturated carbocycles. The van der Waals surface area contributed by atoms with Crippen LogP contribution in [0.4, 0.5) is 4.39 Å². The molecule has 7 nitrogen and oxygen atoms in total. The molecule has 0 fully saturated rings. The second-order valence-electron chi connectivity index (χ2n) is 9.01. The summed E-state index contributed by atoms with van der Waals surface area (Å²) in [6, 6.07) is 12.9. The Hall–Kier alpha value is -3.94. The van der Waals surface area contributed by atoms with Crippen LogP contribution in [-0.4, -0.2) is 31.9 Å². The molecule has 0 saturated heterocycles. The van der Waals surface area contributed by atoms with E-state index in [0.29, 0.717) is 29.1 Å². The van der Waals surface area contributed by atoms with Gasteiger partial charge in [0.2, 0.25) is 0 Å². The summed E-state index contributed by atoms with van der Waals surface area (Å²) >= 11 is 0. The zero-order valence-corrected chi connectivity index (χ0v) is 20.6. The number of ketones is 1. The molecule has 2 aromatic rings. The van der Waals surface area contributed by atoms with E-state index in [1.807, 2.05) is 0 Å². The van der Waals surface area contributed by atoms with E-state index < -0.39 is 35.4 Å². The van der Waals surface area contributed by atoms with Crippen molar-refractivity contribution < 1.29 is 33.0 Å². The molecular formula is C28H28FNO6. The maximum absolute atomic E-state index is 14.3. The summed E-state index contributed by atoms with van der Waals surface area (Å²) in [6.45, 7) is 3.53. The lowest BCUT2D eigenvalue weighted by molar-refractivity contribution is -0.151. The van der Waals surface area contributed by atoms with E-state index in [4.69, 9.17) is 14.2 Å². The van der Waals surface area contributed by atoms with Gasteiger partial charge in [-0.15, -0.1) is 0 Å². The molecule has 36 heavy (non-hydrogen) atoms. The minimum absolute atomic E-state index is 0.00283. The second-order valence-corrected chi connectivity index (χ2v) is 9.01. The number of ether oxygens (including phenoxy) is 3. The van der Waals surface area contributed by atoms with Crippen LogP contribution in [0.5, 0.6) is 5.75 Å². The van der Waals surface area contributed by atoms with E-state index >= 15 is 0 Å². The SMILES string of the molecule is COC(=O)[C@H]1C(=O)C2=C(C[C@@H]1C)NC(C)=C(C(=O)OCc1ccc(OC)cc1)[C@@H]2c1cccc(F)c1. The lowest BCUT2D eigenvalue weighted by Crippen LogP contribution is -2.43. The number of carbonyl (C=O) groups excluding carboxylic acids is 3. The second kappa shape index (κ2) is 10.4. The highest BCUT2D eigenvalue weighted by Gasteiger charge is 2.47. The standard InChI is InChI=1S/C28H28FNO6/c1-15-12-21-25(26(31)22(15)27(32)35-4)24(18-6-5-7-19(29)13-18)23(16(2)30-21)28(33)36-14-17-8-10-20(34-3)11-9-17/h5-11,13,15,22,24,30H,12,14H2,1-4H3/t15-,22+,24-/m0/s1. The largest absolute Gasteiger partial charge is 0.497 e. The fourth-order valence-corrected chi connectivity index (χ4v) is 4.92. The third kappa shape index (κ3) is 4.76. The molecule has 0 unspecified atom stereocenters. The Morgan fingerprint density at radius 1 is 1.11 bits per heavy atom. The first-order valence-corrected chi connectivity index (χ1v) is 11.6. The lowest BCUT2D eigenvalue weighted by atomic mass is 9.69. The quantitative estimate of drug-likeness (QED) is 0.477. The van der Waals surface area contributed by atoms with Crippen LogP contribution in [0.3, 0.4) is 0 Å². The van der Waals surface area contributed by atoms with Crippen LogP contribution in [-0.2, 0) is 30.5 Å². The van der Waals surface area contributed by atoms with Crippen LogP contribution >= 0.6 is 0 Å². The minimum Gasteiger partial charge on any atom is -0.497 e. The first-order chi connectivity index (χ1) is 17.2. The van der Waals surface area contributed by atoms with Gasteiger partial charge in [0.1, 0.15) is 24.1 Å². The predicted octanol–water partition coefficient (Wildman–Crippen LogP) is 4.19. The van der Waals surface area contributed by atoms with Crippen molar-refractivity contribution in [1.82, 2.24) is 5.32 Å². The molecule has 8 heteroatoms. The van der Waals surface area contributed by atoms with Crippen molar-refractivity contribution in [3.05, 3.63) is 88.0 Å². The highest BCUT2D eigenvalue weighted by Crippen LogP contribution is 2.45. The molecule has 0 amide bonds. The molecular weight excluding hydrogens is 465 g/mol. The van der Waals surface area contributed by atoms with Gasteiger partial charge in [0.25, 0.3) is 0 Å². The van der Waals surface area contributed by atoms with E-state index in [-0.39, 0.29) is 23.7 Å². The van der Waals surface area contributed by atoms with Crippen LogP contribution in [0, 0.1) is 17.7 Å². The zero-order chi connectivity index (χ0) is 26.0. The van der Waals surface area contributed by atoms with Crippen LogP contribution in [0.25, 0.3) is 0 Å². The maximum atomic E-state index is 14.3. The Bertz CT molecular complexity index is 1260. The molecule has 2 aliphatic rings. The number of Topliss-reactive ketones (excluding diaryl/α,β-unsaturated/α-hetero) is 1. The Balaban J connectivity index is 1.72. The topological polar surface area (TPSA) is 90.9 Å². The number of hydrogen-bond donors (Lipinski definition) is 1.